The third-order valence-corrected chi connectivity index (χ3v) is 1.91. The lowest BCUT2D eigenvalue weighted by Crippen LogP contribution is -2.48. The van der Waals surface area contributed by atoms with Crippen molar-refractivity contribution in [2.75, 3.05) is 26.7 Å². The van der Waals surface area contributed by atoms with Gasteiger partial charge in [-0.3, -0.25) is 0 Å². The molecule has 0 radical (unpaired) electrons. The third-order valence-electron chi connectivity index (χ3n) is 1.91. The van der Waals surface area contributed by atoms with E-state index >= 15 is 0 Å². The number of hydrogen-bond acceptors (Lipinski definition) is 2. The molecule has 1 atom stereocenters. The van der Waals surface area contributed by atoms with E-state index in [1.54, 1.807) is 0 Å². The summed E-state index contributed by atoms with van der Waals surface area (Å²) in [5.74, 6) is 0. The Balaban J connectivity index is 2.24. The third kappa shape index (κ3) is 2.12. The second kappa shape index (κ2) is 3.74. The molecule has 0 aliphatic carbocycles. The summed E-state index contributed by atoms with van der Waals surface area (Å²) in [6.45, 7) is 7.17. The molecule has 1 fully saturated rings. The standard InChI is InChI=1S/C8H16N2/c1-3-4-8-7-10(2)6-5-9-8/h3,8-9H,1,4-7H2,2H3/t8-/m0/s1. The van der Waals surface area contributed by atoms with Crippen LogP contribution in [0.1, 0.15) is 6.42 Å². The van der Waals surface area contributed by atoms with E-state index in [1.807, 2.05) is 6.08 Å². The summed E-state index contributed by atoms with van der Waals surface area (Å²) in [6, 6.07) is 0.635. The summed E-state index contributed by atoms with van der Waals surface area (Å²) in [5.41, 5.74) is 0. The van der Waals surface area contributed by atoms with Gasteiger partial charge in [-0.15, -0.1) is 6.58 Å². The monoisotopic (exact) mass is 140 g/mol. The zero-order valence-electron chi connectivity index (χ0n) is 6.64. The normalized spacial score (nSPS) is 28.3. The second-order valence-corrected chi connectivity index (χ2v) is 2.94. The fourth-order valence-corrected chi connectivity index (χ4v) is 1.35. The number of piperazine rings is 1. The molecular weight excluding hydrogens is 124 g/mol. The molecule has 0 aromatic carbocycles. The fourth-order valence-electron chi connectivity index (χ4n) is 1.35. The van der Waals surface area contributed by atoms with Gasteiger partial charge in [0.1, 0.15) is 0 Å². The van der Waals surface area contributed by atoms with Crippen LogP contribution in [-0.4, -0.2) is 37.6 Å². The smallest absolute Gasteiger partial charge is 0.0229 e. The molecular formula is C8H16N2. The maximum Gasteiger partial charge on any atom is 0.0229 e. The van der Waals surface area contributed by atoms with E-state index in [1.165, 1.54) is 6.54 Å². The second-order valence-electron chi connectivity index (χ2n) is 2.94. The predicted octanol–water partition coefficient (Wildman–Crippen LogP) is 0.466. The zero-order chi connectivity index (χ0) is 7.40. The summed E-state index contributed by atoms with van der Waals surface area (Å²) in [4.78, 5) is 2.35. The van der Waals surface area contributed by atoms with Gasteiger partial charge >= 0.3 is 0 Å². The van der Waals surface area contributed by atoms with Gasteiger partial charge < -0.3 is 10.2 Å². The van der Waals surface area contributed by atoms with E-state index in [-0.39, 0.29) is 0 Å². The van der Waals surface area contributed by atoms with Crippen molar-refractivity contribution in [3.05, 3.63) is 12.7 Å². The largest absolute Gasteiger partial charge is 0.311 e. The van der Waals surface area contributed by atoms with Crippen LogP contribution in [0.5, 0.6) is 0 Å². The molecule has 1 heterocycles. The molecule has 10 heavy (non-hydrogen) atoms. The summed E-state index contributed by atoms with van der Waals surface area (Å²) in [5, 5.41) is 3.44. The lowest BCUT2D eigenvalue weighted by molar-refractivity contribution is 0.240. The number of rotatable bonds is 2. The van der Waals surface area contributed by atoms with Gasteiger partial charge in [0, 0.05) is 25.7 Å². The Morgan fingerprint density at radius 3 is 3.20 bits per heavy atom. The lowest BCUT2D eigenvalue weighted by atomic mass is 10.1. The van der Waals surface area contributed by atoms with Crippen LogP contribution >= 0.6 is 0 Å². The first kappa shape index (κ1) is 7.76. The Morgan fingerprint density at radius 2 is 2.60 bits per heavy atom. The van der Waals surface area contributed by atoms with Crippen molar-refractivity contribution in [2.24, 2.45) is 0 Å². The van der Waals surface area contributed by atoms with Crippen LogP contribution < -0.4 is 5.32 Å². The van der Waals surface area contributed by atoms with Crippen molar-refractivity contribution in [1.82, 2.24) is 10.2 Å². The Labute approximate surface area is 62.9 Å². The van der Waals surface area contributed by atoms with Crippen molar-refractivity contribution < 1.29 is 0 Å². The molecule has 1 rings (SSSR count). The van der Waals surface area contributed by atoms with Gasteiger partial charge in [0.2, 0.25) is 0 Å². The number of nitrogens with one attached hydrogen (secondary N) is 1. The molecule has 0 aromatic heterocycles. The molecule has 1 aliphatic heterocycles. The van der Waals surface area contributed by atoms with Crippen LogP contribution in [0, 0.1) is 0 Å². The number of hydrogen-bond donors (Lipinski definition) is 1. The van der Waals surface area contributed by atoms with E-state index in [2.05, 4.69) is 23.8 Å². The summed E-state index contributed by atoms with van der Waals surface area (Å²) in [7, 11) is 2.16. The molecule has 1 N–H and O–H groups in total. The maximum absolute atomic E-state index is 3.72. The number of likely N-dealkylation sites (N-methyl/N-ethyl adjacent to an activating group) is 1. The summed E-state index contributed by atoms with van der Waals surface area (Å²) >= 11 is 0. The highest BCUT2D eigenvalue weighted by atomic mass is 15.2. The molecule has 58 valence electrons. The van der Waals surface area contributed by atoms with Gasteiger partial charge in [0.15, 0.2) is 0 Å². The molecule has 0 aromatic rings. The van der Waals surface area contributed by atoms with Gasteiger partial charge in [0.25, 0.3) is 0 Å². The van der Waals surface area contributed by atoms with Crippen molar-refractivity contribution >= 4 is 0 Å². The highest BCUT2D eigenvalue weighted by Crippen LogP contribution is 1.99. The van der Waals surface area contributed by atoms with Crippen LogP contribution in [0.3, 0.4) is 0 Å². The Morgan fingerprint density at radius 1 is 1.80 bits per heavy atom. The summed E-state index contributed by atoms with van der Waals surface area (Å²) < 4.78 is 0. The van der Waals surface area contributed by atoms with Crippen LogP contribution in [0.2, 0.25) is 0 Å². The average Bonchev–Trinajstić information content (AvgIpc) is 1.88. The van der Waals surface area contributed by atoms with Crippen LogP contribution in [0.15, 0.2) is 12.7 Å². The molecule has 0 amide bonds. The molecule has 0 bridgehead atoms. The van der Waals surface area contributed by atoms with Crippen molar-refractivity contribution in [2.45, 2.75) is 12.5 Å². The van der Waals surface area contributed by atoms with Crippen LogP contribution in [0.4, 0.5) is 0 Å². The van der Waals surface area contributed by atoms with Gasteiger partial charge in [-0.05, 0) is 13.5 Å². The topological polar surface area (TPSA) is 15.3 Å². The van der Waals surface area contributed by atoms with Gasteiger partial charge in [-0.2, -0.15) is 0 Å². The van der Waals surface area contributed by atoms with Crippen molar-refractivity contribution in [1.29, 1.82) is 0 Å². The van der Waals surface area contributed by atoms with Crippen molar-refractivity contribution in [3.8, 4) is 0 Å². The van der Waals surface area contributed by atoms with E-state index in [9.17, 15) is 0 Å². The quantitative estimate of drug-likeness (QED) is 0.561. The first-order chi connectivity index (χ1) is 4.83. The first-order valence-electron chi connectivity index (χ1n) is 3.85. The predicted molar refractivity (Wildman–Crippen MR) is 44.1 cm³/mol. The Hall–Kier alpha value is -0.340. The Bertz CT molecular complexity index is 112. The molecule has 0 spiro atoms. The highest BCUT2D eigenvalue weighted by Gasteiger charge is 2.13. The SMILES string of the molecule is C=CC[C@H]1CN(C)CCN1. The molecule has 1 saturated heterocycles. The fraction of sp³-hybridized carbons (Fsp3) is 0.750. The lowest BCUT2D eigenvalue weighted by Gasteiger charge is -2.30. The van der Waals surface area contributed by atoms with Crippen molar-refractivity contribution in [3.63, 3.8) is 0 Å². The molecule has 0 unspecified atom stereocenters. The maximum atomic E-state index is 3.72. The molecule has 1 aliphatic rings. The van der Waals surface area contributed by atoms with E-state index in [0.717, 1.165) is 19.5 Å². The van der Waals surface area contributed by atoms with E-state index in [0.29, 0.717) is 6.04 Å². The van der Waals surface area contributed by atoms with E-state index in [4.69, 9.17) is 0 Å². The van der Waals surface area contributed by atoms with Gasteiger partial charge in [-0.1, -0.05) is 6.08 Å². The summed E-state index contributed by atoms with van der Waals surface area (Å²) in [6.07, 6.45) is 3.07. The number of nitrogens with zero attached hydrogens (tertiary/aromatic N) is 1. The van der Waals surface area contributed by atoms with E-state index < -0.39 is 0 Å². The average molecular weight is 140 g/mol. The molecule has 2 heteroatoms. The minimum absolute atomic E-state index is 0.635. The Kier molecular flexibility index (Phi) is 2.90. The highest BCUT2D eigenvalue weighted by molar-refractivity contribution is 4.83. The zero-order valence-corrected chi connectivity index (χ0v) is 6.64. The minimum atomic E-state index is 0.635. The first-order valence-corrected chi connectivity index (χ1v) is 3.85. The van der Waals surface area contributed by atoms with Crippen LogP contribution in [-0.2, 0) is 0 Å². The van der Waals surface area contributed by atoms with Crippen LogP contribution in [0.25, 0.3) is 0 Å². The van der Waals surface area contributed by atoms with Gasteiger partial charge in [-0.25, -0.2) is 0 Å². The minimum Gasteiger partial charge on any atom is -0.311 e. The van der Waals surface area contributed by atoms with Gasteiger partial charge in [0.05, 0.1) is 0 Å². The molecule has 0 saturated carbocycles. The molecule has 2 nitrogen and oxygen atoms in total.